The number of hydrogen-bond donors (Lipinski definition) is 1. The van der Waals surface area contributed by atoms with Crippen LogP contribution in [0.5, 0.6) is 5.88 Å². The van der Waals surface area contributed by atoms with E-state index in [9.17, 15) is 0 Å². The first kappa shape index (κ1) is 13.9. The molecule has 3 rings (SSSR count). The monoisotopic (exact) mass is 293 g/mol. The zero-order valence-corrected chi connectivity index (χ0v) is 12.3. The quantitative estimate of drug-likeness (QED) is 0.798. The van der Waals surface area contributed by atoms with Gasteiger partial charge in [0.25, 0.3) is 0 Å². The minimum Gasteiger partial charge on any atom is -0.480 e. The molecule has 1 aromatic carbocycles. The largest absolute Gasteiger partial charge is 0.480 e. The molecular weight excluding hydrogens is 278 g/mol. The van der Waals surface area contributed by atoms with Gasteiger partial charge in [-0.2, -0.15) is 0 Å². The number of nitrogen functional groups attached to an aromatic ring is 1. The molecule has 6 nitrogen and oxygen atoms in total. The molecule has 22 heavy (non-hydrogen) atoms. The van der Waals surface area contributed by atoms with Crippen LogP contribution in [0.15, 0.2) is 42.6 Å². The summed E-state index contributed by atoms with van der Waals surface area (Å²) < 4.78 is 5.03. The summed E-state index contributed by atoms with van der Waals surface area (Å²) in [5.41, 5.74) is 10.0. The lowest BCUT2D eigenvalue weighted by Crippen LogP contribution is -2.00. The molecule has 0 saturated heterocycles. The molecule has 2 N–H and O–H groups in total. The number of methoxy groups -OCH3 is 1. The van der Waals surface area contributed by atoms with Gasteiger partial charge in [-0.05, 0) is 13.0 Å². The van der Waals surface area contributed by atoms with E-state index in [2.05, 4.69) is 20.2 Å². The van der Waals surface area contributed by atoms with Crippen LogP contribution in [0.2, 0.25) is 0 Å². The molecule has 2 heterocycles. The molecule has 0 saturated carbocycles. The van der Waals surface area contributed by atoms with Crippen molar-refractivity contribution in [1.82, 2.24) is 20.2 Å². The minimum atomic E-state index is 0.223. The van der Waals surface area contributed by atoms with Crippen LogP contribution in [0.3, 0.4) is 0 Å². The van der Waals surface area contributed by atoms with Crippen molar-refractivity contribution in [2.45, 2.75) is 6.92 Å². The van der Waals surface area contributed by atoms with E-state index in [4.69, 9.17) is 10.5 Å². The van der Waals surface area contributed by atoms with Crippen LogP contribution < -0.4 is 10.5 Å². The van der Waals surface area contributed by atoms with E-state index < -0.39 is 0 Å². The number of anilines is 1. The number of rotatable bonds is 3. The van der Waals surface area contributed by atoms with Crippen LogP contribution in [0.1, 0.15) is 5.56 Å². The van der Waals surface area contributed by atoms with Crippen molar-refractivity contribution in [3.05, 3.63) is 48.2 Å². The molecule has 0 bridgehead atoms. The van der Waals surface area contributed by atoms with Crippen molar-refractivity contribution in [1.29, 1.82) is 0 Å². The summed E-state index contributed by atoms with van der Waals surface area (Å²) in [6.07, 6.45) is 1.66. The summed E-state index contributed by atoms with van der Waals surface area (Å²) in [6, 6.07) is 11.6. The lowest BCUT2D eigenvalue weighted by atomic mass is 10.0. The lowest BCUT2D eigenvalue weighted by molar-refractivity contribution is 0.392. The summed E-state index contributed by atoms with van der Waals surface area (Å²) in [6.45, 7) is 2.04. The Morgan fingerprint density at radius 1 is 1.00 bits per heavy atom. The van der Waals surface area contributed by atoms with Gasteiger partial charge >= 0.3 is 0 Å². The van der Waals surface area contributed by atoms with Gasteiger partial charge in [0.05, 0.1) is 18.5 Å². The van der Waals surface area contributed by atoms with Crippen LogP contribution in [0.25, 0.3) is 22.5 Å². The second kappa shape index (κ2) is 5.77. The summed E-state index contributed by atoms with van der Waals surface area (Å²) in [5.74, 6) is 0.679. The van der Waals surface area contributed by atoms with E-state index >= 15 is 0 Å². The third-order valence-electron chi connectivity index (χ3n) is 3.26. The number of hydrogen-bond acceptors (Lipinski definition) is 6. The highest BCUT2D eigenvalue weighted by Crippen LogP contribution is 2.29. The predicted octanol–water partition coefficient (Wildman–Crippen LogP) is 2.50. The zero-order valence-electron chi connectivity index (χ0n) is 12.3. The molecule has 110 valence electrons. The fourth-order valence-electron chi connectivity index (χ4n) is 2.09. The molecule has 0 aliphatic rings. The summed E-state index contributed by atoms with van der Waals surface area (Å²) in [4.78, 5) is 8.43. The maximum absolute atomic E-state index is 5.74. The number of aryl methyl sites for hydroxylation is 1. The van der Waals surface area contributed by atoms with Crippen molar-refractivity contribution in [2.75, 3.05) is 12.8 Å². The van der Waals surface area contributed by atoms with Crippen molar-refractivity contribution in [3.8, 4) is 28.4 Å². The average molecular weight is 293 g/mol. The Morgan fingerprint density at radius 3 is 2.41 bits per heavy atom. The predicted molar refractivity (Wildman–Crippen MR) is 84.2 cm³/mol. The van der Waals surface area contributed by atoms with E-state index in [1.54, 1.807) is 19.4 Å². The van der Waals surface area contributed by atoms with Crippen LogP contribution >= 0.6 is 0 Å². The Balaban J connectivity index is 2.12. The van der Waals surface area contributed by atoms with Crippen LogP contribution in [0, 0.1) is 6.92 Å². The summed E-state index contributed by atoms with van der Waals surface area (Å²) in [7, 11) is 1.55. The highest BCUT2D eigenvalue weighted by atomic mass is 16.5. The third kappa shape index (κ3) is 2.71. The van der Waals surface area contributed by atoms with Gasteiger partial charge in [-0.1, -0.05) is 29.8 Å². The number of aromatic nitrogens is 4. The van der Waals surface area contributed by atoms with Crippen molar-refractivity contribution >= 4 is 5.95 Å². The highest BCUT2D eigenvalue weighted by Gasteiger charge is 2.12. The Bertz CT molecular complexity index is 785. The molecule has 0 aliphatic carbocycles. The standard InChI is InChI=1S/C16H15N5O/c1-10-3-5-11(6-4-10)15-12(9-18-16(17)19-15)13-7-8-14(22-2)21-20-13/h3-9H,1-2H3,(H2,17,18,19). The molecule has 0 unspecified atom stereocenters. The van der Waals surface area contributed by atoms with Crippen molar-refractivity contribution in [2.24, 2.45) is 0 Å². The normalized spacial score (nSPS) is 10.5. The maximum Gasteiger partial charge on any atom is 0.233 e. The zero-order chi connectivity index (χ0) is 15.5. The van der Waals surface area contributed by atoms with Gasteiger partial charge in [-0.25, -0.2) is 9.97 Å². The molecule has 0 amide bonds. The van der Waals surface area contributed by atoms with E-state index in [-0.39, 0.29) is 5.95 Å². The smallest absolute Gasteiger partial charge is 0.233 e. The van der Waals surface area contributed by atoms with E-state index in [1.165, 1.54) is 5.56 Å². The van der Waals surface area contributed by atoms with Crippen LogP contribution in [-0.2, 0) is 0 Å². The number of ether oxygens (including phenoxy) is 1. The molecule has 3 aromatic rings. The van der Waals surface area contributed by atoms with Gasteiger partial charge in [0, 0.05) is 23.4 Å². The summed E-state index contributed by atoms with van der Waals surface area (Å²) >= 11 is 0. The molecule has 0 radical (unpaired) electrons. The first-order chi connectivity index (χ1) is 10.7. The van der Waals surface area contributed by atoms with Crippen molar-refractivity contribution in [3.63, 3.8) is 0 Å². The average Bonchev–Trinajstić information content (AvgIpc) is 2.56. The lowest BCUT2D eigenvalue weighted by Gasteiger charge is -2.09. The topological polar surface area (TPSA) is 86.8 Å². The Kier molecular flexibility index (Phi) is 3.65. The molecule has 0 spiro atoms. The molecule has 6 heteroatoms. The molecule has 0 atom stereocenters. The van der Waals surface area contributed by atoms with E-state index in [0.29, 0.717) is 11.6 Å². The van der Waals surface area contributed by atoms with E-state index in [0.717, 1.165) is 16.8 Å². The van der Waals surface area contributed by atoms with Gasteiger partial charge < -0.3 is 10.5 Å². The van der Waals surface area contributed by atoms with E-state index in [1.807, 2.05) is 37.3 Å². The number of nitrogens with zero attached hydrogens (tertiary/aromatic N) is 4. The first-order valence-electron chi connectivity index (χ1n) is 6.75. The third-order valence-corrected chi connectivity index (χ3v) is 3.26. The fourth-order valence-corrected chi connectivity index (χ4v) is 2.09. The van der Waals surface area contributed by atoms with Crippen LogP contribution in [-0.4, -0.2) is 27.3 Å². The van der Waals surface area contributed by atoms with Gasteiger partial charge in [-0.3, -0.25) is 0 Å². The van der Waals surface area contributed by atoms with Crippen LogP contribution in [0.4, 0.5) is 5.95 Å². The number of nitrogens with two attached hydrogens (primary N) is 1. The van der Waals surface area contributed by atoms with Gasteiger partial charge in [0.15, 0.2) is 0 Å². The SMILES string of the molecule is COc1ccc(-c2cnc(N)nc2-c2ccc(C)cc2)nn1. The first-order valence-corrected chi connectivity index (χ1v) is 6.75. The van der Waals surface area contributed by atoms with Gasteiger partial charge in [-0.15, -0.1) is 10.2 Å². The van der Waals surface area contributed by atoms with Gasteiger partial charge in [0.2, 0.25) is 11.8 Å². The highest BCUT2D eigenvalue weighted by molar-refractivity contribution is 5.78. The molecule has 0 aliphatic heterocycles. The molecule has 0 fully saturated rings. The molecule has 2 aromatic heterocycles. The second-order valence-electron chi connectivity index (χ2n) is 4.82. The van der Waals surface area contributed by atoms with Crippen molar-refractivity contribution < 1.29 is 4.74 Å². The number of benzene rings is 1. The fraction of sp³-hybridized carbons (Fsp3) is 0.125. The Labute approximate surface area is 128 Å². The Hall–Kier alpha value is -3.02. The summed E-state index contributed by atoms with van der Waals surface area (Å²) in [5, 5.41) is 8.14. The Morgan fingerprint density at radius 2 is 1.77 bits per heavy atom. The second-order valence-corrected chi connectivity index (χ2v) is 4.82. The minimum absolute atomic E-state index is 0.223. The maximum atomic E-state index is 5.74. The molecular formula is C16H15N5O. The van der Waals surface area contributed by atoms with Gasteiger partial charge in [0.1, 0.15) is 0 Å².